The third-order valence-corrected chi connectivity index (χ3v) is 5.92. The van der Waals surface area contributed by atoms with E-state index in [4.69, 9.17) is 11.6 Å². The minimum atomic E-state index is 0.0421. The molecule has 0 spiro atoms. The number of hydrogen-bond acceptors (Lipinski definition) is 0. The molecule has 0 aromatic heterocycles. The fourth-order valence-corrected chi connectivity index (χ4v) is 4.38. The van der Waals surface area contributed by atoms with Crippen molar-refractivity contribution in [2.75, 3.05) is 0 Å². The summed E-state index contributed by atoms with van der Waals surface area (Å²) in [6.45, 7) is 0. The van der Waals surface area contributed by atoms with Gasteiger partial charge >= 0.3 is 0 Å². The monoisotopic (exact) mass is 486 g/mol. The number of fused-ring (bicyclic) bond motifs is 1. The molecule has 3 rings (SSSR count). The Labute approximate surface area is 153 Å². The molecule has 0 amide bonds. The van der Waals surface area contributed by atoms with Crippen LogP contribution in [-0.2, 0) is 0 Å². The summed E-state index contributed by atoms with van der Waals surface area (Å²) in [4.78, 5) is 0.0421. The largest absolute Gasteiger partial charge is 0.0840 e. The highest BCUT2D eigenvalue weighted by molar-refractivity contribution is 9.11. The molecular weight excluding hydrogens is 479 g/mol. The lowest BCUT2D eigenvalue weighted by Gasteiger charge is -2.16. The van der Waals surface area contributed by atoms with Crippen molar-refractivity contribution in [3.8, 4) is 0 Å². The Kier molecular flexibility index (Phi) is 4.75. The molecule has 0 radical (unpaired) electrons. The van der Waals surface area contributed by atoms with Crippen LogP contribution < -0.4 is 0 Å². The van der Waals surface area contributed by atoms with Crippen LogP contribution in [0.25, 0.3) is 10.8 Å². The van der Waals surface area contributed by atoms with Crippen molar-refractivity contribution < 1.29 is 0 Å². The highest BCUT2D eigenvalue weighted by Crippen LogP contribution is 2.40. The SMILES string of the molecule is Clc1ccc(Br)cc1C(Br)c1ccc(Br)c2ccccc12. The van der Waals surface area contributed by atoms with Crippen LogP contribution in [0.3, 0.4) is 0 Å². The second kappa shape index (κ2) is 6.41. The molecule has 0 aliphatic heterocycles. The molecule has 0 N–H and O–H groups in total. The lowest BCUT2D eigenvalue weighted by Crippen LogP contribution is -1.96. The normalized spacial score (nSPS) is 12.6. The van der Waals surface area contributed by atoms with Crippen LogP contribution in [0.4, 0.5) is 0 Å². The molecule has 0 bridgehead atoms. The first-order chi connectivity index (χ1) is 10.1. The molecule has 0 fully saturated rings. The summed E-state index contributed by atoms with van der Waals surface area (Å²) >= 11 is 17.3. The van der Waals surface area contributed by atoms with E-state index < -0.39 is 0 Å². The molecule has 106 valence electrons. The van der Waals surface area contributed by atoms with Gasteiger partial charge in [0, 0.05) is 14.0 Å². The van der Waals surface area contributed by atoms with Gasteiger partial charge in [0.05, 0.1) is 4.83 Å². The Bertz CT molecular complexity index is 814. The maximum Gasteiger partial charge on any atom is 0.0665 e. The second-order valence-electron chi connectivity index (χ2n) is 4.71. The molecule has 0 aliphatic rings. The van der Waals surface area contributed by atoms with Gasteiger partial charge in [-0.25, -0.2) is 0 Å². The van der Waals surface area contributed by atoms with Gasteiger partial charge in [-0.15, -0.1) is 0 Å². The summed E-state index contributed by atoms with van der Waals surface area (Å²) in [5.74, 6) is 0. The predicted molar refractivity (Wildman–Crippen MR) is 102 cm³/mol. The number of alkyl halides is 1. The van der Waals surface area contributed by atoms with Gasteiger partial charge in [0.1, 0.15) is 0 Å². The van der Waals surface area contributed by atoms with Crippen molar-refractivity contribution in [3.05, 3.63) is 79.7 Å². The average Bonchev–Trinajstić information content (AvgIpc) is 2.50. The zero-order valence-corrected chi connectivity index (χ0v) is 16.3. The third-order valence-electron chi connectivity index (χ3n) is 3.41. The fraction of sp³-hybridized carbons (Fsp3) is 0.0588. The minimum absolute atomic E-state index is 0.0421. The standard InChI is InChI=1S/C17H10Br3Cl/c18-10-5-8-16(21)14(9-10)17(20)13-6-7-15(19)12-4-2-1-3-11(12)13/h1-9,17H. The van der Waals surface area contributed by atoms with Crippen molar-refractivity contribution in [2.24, 2.45) is 0 Å². The first-order valence-corrected chi connectivity index (χ1v) is 9.22. The van der Waals surface area contributed by atoms with Crippen LogP contribution in [-0.4, -0.2) is 0 Å². The van der Waals surface area contributed by atoms with Crippen LogP contribution in [0.5, 0.6) is 0 Å². The number of hydrogen-bond donors (Lipinski definition) is 0. The maximum atomic E-state index is 6.36. The molecule has 4 heteroatoms. The molecular formula is C17H10Br3Cl. The number of rotatable bonds is 2. The van der Waals surface area contributed by atoms with Gasteiger partial charge in [0.25, 0.3) is 0 Å². The van der Waals surface area contributed by atoms with E-state index in [1.165, 1.54) is 16.3 Å². The molecule has 3 aromatic rings. The second-order valence-corrected chi connectivity index (χ2v) is 7.80. The van der Waals surface area contributed by atoms with E-state index in [0.717, 1.165) is 19.5 Å². The van der Waals surface area contributed by atoms with Gasteiger partial charge in [-0.2, -0.15) is 0 Å². The van der Waals surface area contributed by atoms with Crippen molar-refractivity contribution in [2.45, 2.75) is 4.83 Å². The summed E-state index contributed by atoms with van der Waals surface area (Å²) in [5, 5.41) is 3.17. The van der Waals surface area contributed by atoms with Crippen molar-refractivity contribution in [3.63, 3.8) is 0 Å². The van der Waals surface area contributed by atoms with Crippen LogP contribution in [0, 0.1) is 0 Å². The van der Waals surface area contributed by atoms with E-state index >= 15 is 0 Å². The quantitative estimate of drug-likeness (QED) is 0.327. The fourth-order valence-electron chi connectivity index (χ4n) is 2.38. The number of benzene rings is 3. The lowest BCUT2D eigenvalue weighted by atomic mass is 9.98. The molecule has 1 atom stereocenters. The smallest absolute Gasteiger partial charge is 0.0665 e. The Morgan fingerprint density at radius 1 is 0.810 bits per heavy atom. The van der Waals surface area contributed by atoms with E-state index in [2.05, 4.69) is 84.2 Å². The summed E-state index contributed by atoms with van der Waals surface area (Å²) in [7, 11) is 0. The first kappa shape index (κ1) is 15.5. The summed E-state index contributed by atoms with van der Waals surface area (Å²) in [5.41, 5.74) is 2.26. The molecule has 0 saturated carbocycles. The Morgan fingerprint density at radius 2 is 1.52 bits per heavy atom. The van der Waals surface area contributed by atoms with E-state index in [0.29, 0.717) is 0 Å². The molecule has 0 heterocycles. The zero-order valence-electron chi connectivity index (χ0n) is 10.8. The van der Waals surface area contributed by atoms with Gasteiger partial charge in [-0.1, -0.05) is 89.7 Å². The predicted octanol–water partition coefficient (Wildman–Crippen LogP) is 7.50. The van der Waals surface area contributed by atoms with E-state index in [1.807, 2.05) is 18.2 Å². The number of halogens is 4. The molecule has 1 unspecified atom stereocenters. The van der Waals surface area contributed by atoms with Crippen molar-refractivity contribution in [1.29, 1.82) is 0 Å². The van der Waals surface area contributed by atoms with Crippen molar-refractivity contribution >= 4 is 70.2 Å². The third kappa shape index (κ3) is 3.07. The maximum absolute atomic E-state index is 6.36. The zero-order chi connectivity index (χ0) is 15.0. The van der Waals surface area contributed by atoms with E-state index in [9.17, 15) is 0 Å². The minimum Gasteiger partial charge on any atom is -0.0840 e. The first-order valence-electron chi connectivity index (χ1n) is 6.34. The lowest BCUT2D eigenvalue weighted by molar-refractivity contribution is 1.19. The topological polar surface area (TPSA) is 0 Å². The van der Waals surface area contributed by atoms with Gasteiger partial charge in [0.2, 0.25) is 0 Å². The van der Waals surface area contributed by atoms with E-state index in [1.54, 1.807) is 0 Å². The van der Waals surface area contributed by atoms with Gasteiger partial charge in [-0.3, -0.25) is 0 Å². The highest BCUT2D eigenvalue weighted by atomic mass is 79.9. The Hall–Kier alpha value is -0.350. The van der Waals surface area contributed by atoms with Gasteiger partial charge in [-0.05, 0) is 46.2 Å². The van der Waals surface area contributed by atoms with Crippen LogP contribution in [0.15, 0.2) is 63.5 Å². The van der Waals surface area contributed by atoms with Crippen LogP contribution >= 0.6 is 59.4 Å². The molecule has 3 aromatic carbocycles. The van der Waals surface area contributed by atoms with E-state index in [-0.39, 0.29) is 4.83 Å². The van der Waals surface area contributed by atoms with Crippen LogP contribution in [0.2, 0.25) is 5.02 Å². The van der Waals surface area contributed by atoms with Gasteiger partial charge < -0.3 is 0 Å². The summed E-state index contributed by atoms with van der Waals surface area (Å²) in [6.07, 6.45) is 0. The molecule has 0 nitrogen and oxygen atoms in total. The van der Waals surface area contributed by atoms with Gasteiger partial charge in [0.15, 0.2) is 0 Å². The van der Waals surface area contributed by atoms with Crippen LogP contribution in [0.1, 0.15) is 16.0 Å². The molecule has 0 saturated heterocycles. The molecule has 21 heavy (non-hydrogen) atoms. The highest BCUT2D eigenvalue weighted by Gasteiger charge is 2.17. The Balaban J connectivity index is 2.20. The Morgan fingerprint density at radius 3 is 2.29 bits per heavy atom. The summed E-state index contributed by atoms with van der Waals surface area (Å²) < 4.78 is 2.12. The summed E-state index contributed by atoms with van der Waals surface area (Å²) in [6, 6.07) is 18.5. The molecule has 0 aliphatic carbocycles. The average molecular weight is 489 g/mol. The van der Waals surface area contributed by atoms with Crippen molar-refractivity contribution in [1.82, 2.24) is 0 Å².